The molecular weight excluding hydrogens is 376 g/mol. The molecule has 2 heteroatoms. The Balaban J connectivity index is 1.60. The van der Waals surface area contributed by atoms with Crippen LogP contribution in [0.4, 0.5) is 0 Å². The Morgan fingerprint density at radius 1 is 0.742 bits per heavy atom. The summed E-state index contributed by atoms with van der Waals surface area (Å²) in [5, 5.41) is 0. The Labute approximate surface area is 184 Å². The normalized spacial score (nSPS) is 12.8. The molecule has 4 aromatic rings. The van der Waals surface area contributed by atoms with E-state index in [1.54, 1.807) is 0 Å². The van der Waals surface area contributed by atoms with E-state index in [0.717, 1.165) is 22.4 Å². The second-order valence-electron chi connectivity index (χ2n) is 7.60. The third kappa shape index (κ3) is 5.44. The van der Waals surface area contributed by atoms with E-state index in [1.807, 2.05) is 60.8 Å². The van der Waals surface area contributed by atoms with Crippen LogP contribution in [0.15, 0.2) is 120 Å². The second-order valence-corrected chi connectivity index (χ2v) is 7.60. The first kappa shape index (κ1) is 20.5. The fraction of sp³-hybridized carbons (Fsp3) is 0.0690. The highest BCUT2D eigenvalue weighted by Gasteiger charge is 2.06. The van der Waals surface area contributed by atoms with Gasteiger partial charge in [-0.2, -0.15) is 0 Å². The summed E-state index contributed by atoms with van der Waals surface area (Å²) >= 11 is 0. The molecule has 0 aliphatic carbocycles. The largest absolute Gasteiger partial charge is 0.321 e. The first-order valence-corrected chi connectivity index (χ1v) is 10.5. The summed E-state index contributed by atoms with van der Waals surface area (Å²) in [5.41, 5.74) is 14.1. The number of nitrogens with zero attached hydrogens (tertiary/aromatic N) is 1. The third-order valence-corrected chi connectivity index (χ3v) is 5.21. The summed E-state index contributed by atoms with van der Waals surface area (Å²) in [7, 11) is 0. The van der Waals surface area contributed by atoms with E-state index in [0.29, 0.717) is 0 Å². The molecule has 0 saturated heterocycles. The molecule has 0 aliphatic heterocycles. The lowest BCUT2D eigenvalue weighted by Crippen LogP contribution is -2.07. The minimum atomic E-state index is -0.225. The standard InChI is InChI=1S/C29H26N2/c1-22-9-8-14-27(19-22)24-17-15-23(16-18-24)21-31-29(26-12-6-3-7-13-26)20-28(30)25-10-4-2-5-11-25/h2-21,28H,30H2,1H3/b29-20-,31-21-. The quantitative estimate of drug-likeness (QED) is 0.353. The summed E-state index contributed by atoms with van der Waals surface area (Å²) in [6.07, 6.45) is 3.92. The van der Waals surface area contributed by atoms with Gasteiger partial charge in [-0.25, -0.2) is 0 Å². The summed E-state index contributed by atoms with van der Waals surface area (Å²) in [4.78, 5) is 4.80. The fourth-order valence-electron chi connectivity index (χ4n) is 3.49. The van der Waals surface area contributed by atoms with Crippen LogP contribution in [0.2, 0.25) is 0 Å². The van der Waals surface area contributed by atoms with E-state index in [2.05, 4.69) is 67.6 Å². The van der Waals surface area contributed by atoms with Gasteiger partial charge < -0.3 is 5.73 Å². The van der Waals surface area contributed by atoms with Gasteiger partial charge in [0.2, 0.25) is 0 Å². The maximum absolute atomic E-state index is 6.45. The van der Waals surface area contributed by atoms with Gasteiger partial charge in [0, 0.05) is 6.21 Å². The maximum Gasteiger partial charge on any atom is 0.0681 e. The van der Waals surface area contributed by atoms with Crippen molar-refractivity contribution in [2.45, 2.75) is 13.0 Å². The summed E-state index contributed by atoms with van der Waals surface area (Å²) < 4.78 is 0. The molecule has 2 N–H and O–H groups in total. The van der Waals surface area contributed by atoms with Crippen molar-refractivity contribution in [3.63, 3.8) is 0 Å². The van der Waals surface area contributed by atoms with Crippen molar-refractivity contribution in [2.24, 2.45) is 10.7 Å². The van der Waals surface area contributed by atoms with E-state index in [1.165, 1.54) is 16.7 Å². The lowest BCUT2D eigenvalue weighted by atomic mass is 10.0. The van der Waals surface area contributed by atoms with Crippen molar-refractivity contribution >= 4 is 11.9 Å². The molecule has 4 rings (SSSR count). The van der Waals surface area contributed by atoms with Gasteiger partial charge in [-0.1, -0.05) is 115 Å². The molecule has 4 aromatic carbocycles. The molecular formula is C29H26N2. The van der Waals surface area contributed by atoms with E-state index in [4.69, 9.17) is 10.7 Å². The van der Waals surface area contributed by atoms with E-state index < -0.39 is 0 Å². The van der Waals surface area contributed by atoms with Crippen LogP contribution < -0.4 is 5.73 Å². The summed E-state index contributed by atoms with van der Waals surface area (Å²) in [5.74, 6) is 0. The number of nitrogens with two attached hydrogens (primary N) is 1. The number of benzene rings is 4. The highest BCUT2D eigenvalue weighted by atomic mass is 14.7. The molecule has 0 aliphatic rings. The number of aryl methyl sites for hydroxylation is 1. The third-order valence-electron chi connectivity index (χ3n) is 5.21. The number of aliphatic imine (C=N–C) groups is 1. The zero-order valence-electron chi connectivity index (χ0n) is 17.6. The topological polar surface area (TPSA) is 38.4 Å². The number of hydrogen-bond acceptors (Lipinski definition) is 2. The van der Waals surface area contributed by atoms with Crippen LogP contribution in [0.3, 0.4) is 0 Å². The van der Waals surface area contributed by atoms with Crippen molar-refractivity contribution in [2.75, 3.05) is 0 Å². The molecule has 0 saturated carbocycles. The van der Waals surface area contributed by atoms with Crippen molar-refractivity contribution in [1.82, 2.24) is 0 Å². The van der Waals surface area contributed by atoms with Crippen LogP contribution in [-0.4, -0.2) is 6.21 Å². The summed E-state index contributed by atoms with van der Waals surface area (Å²) in [6.45, 7) is 2.11. The monoisotopic (exact) mass is 402 g/mol. The van der Waals surface area contributed by atoms with E-state index in [9.17, 15) is 0 Å². The lowest BCUT2D eigenvalue weighted by molar-refractivity contribution is 0.911. The van der Waals surface area contributed by atoms with Gasteiger partial charge in [0.15, 0.2) is 0 Å². The molecule has 1 unspecified atom stereocenters. The van der Waals surface area contributed by atoms with Crippen molar-refractivity contribution in [3.05, 3.63) is 138 Å². The molecule has 31 heavy (non-hydrogen) atoms. The zero-order valence-corrected chi connectivity index (χ0v) is 17.6. The molecule has 0 fully saturated rings. The van der Waals surface area contributed by atoms with Gasteiger partial charge in [-0.3, -0.25) is 4.99 Å². The van der Waals surface area contributed by atoms with Crippen LogP contribution in [0.25, 0.3) is 16.8 Å². The van der Waals surface area contributed by atoms with Crippen LogP contribution >= 0.6 is 0 Å². The molecule has 0 spiro atoms. The van der Waals surface area contributed by atoms with Crippen molar-refractivity contribution < 1.29 is 0 Å². The van der Waals surface area contributed by atoms with Gasteiger partial charge in [0.05, 0.1) is 11.7 Å². The molecule has 0 bridgehead atoms. The van der Waals surface area contributed by atoms with E-state index >= 15 is 0 Å². The number of hydrogen-bond donors (Lipinski definition) is 1. The minimum absolute atomic E-state index is 0.225. The van der Waals surface area contributed by atoms with Crippen LogP contribution in [0.5, 0.6) is 0 Å². The van der Waals surface area contributed by atoms with Gasteiger partial charge >= 0.3 is 0 Å². The van der Waals surface area contributed by atoms with E-state index in [-0.39, 0.29) is 6.04 Å². The predicted molar refractivity (Wildman–Crippen MR) is 132 cm³/mol. The second kappa shape index (κ2) is 9.84. The highest BCUT2D eigenvalue weighted by Crippen LogP contribution is 2.23. The van der Waals surface area contributed by atoms with Crippen LogP contribution in [0.1, 0.15) is 28.3 Å². The molecule has 1 atom stereocenters. The average Bonchev–Trinajstić information content (AvgIpc) is 2.83. The Morgan fingerprint density at radius 3 is 2.10 bits per heavy atom. The SMILES string of the molecule is Cc1cccc(-c2ccc(/C=N\C(=C/C(N)c3ccccc3)c3ccccc3)cc2)c1. The van der Waals surface area contributed by atoms with Gasteiger partial charge in [-0.15, -0.1) is 0 Å². The Kier molecular flexibility index (Phi) is 6.51. The minimum Gasteiger partial charge on any atom is -0.321 e. The molecule has 0 aromatic heterocycles. The predicted octanol–water partition coefficient (Wildman–Crippen LogP) is 6.82. The Morgan fingerprint density at radius 2 is 1.42 bits per heavy atom. The molecule has 0 heterocycles. The zero-order chi connectivity index (χ0) is 21.5. The molecule has 0 radical (unpaired) electrons. The average molecular weight is 403 g/mol. The lowest BCUT2D eigenvalue weighted by Gasteiger charge is -2.10. The van der Waals surface area contributed by atoms with Crippen LogP contribution in [0, 0.1) is 6.92 Å². The van der Waals surface area contributed by atoms with Gasteiger partial charge in [-0.05, 0) is 40.8 Å². The first-order chi connectivity index (χ1) is 15.2. The van der Waals surface area contributed by atoms with Crippen LogP contribution in [-0.2, 0) is 0 Å². The van der Waals surface area contributed by atoms with Crippen molar-refractivity contribution in [3.8, 4) is 11.1 Å². The first-order valence-electron chi connectivity index (χ1n) is 10.5. The van der Waals surface area contributed by atoms with Gasteiger partial charge in [0.25, 0.3) is 0 Å². The smallest absolute Gasteiger partial charge is 0.0681 e. The fourth-order valence-corrected chi connectivity index (χ4v) is 3.49. The Bertz CT molecular complexity index is 1170. The molecule has 0 amide bonds. The van der Waals surface area contributed by atoms with Gasteiger partial charge in [0.1, 0.15) is 0 Å². The number of rotatable bonds is 6. The maximum atomic E-state index is 6.45. The highest BCUT2D eigenvalue weighted by molar-refractivity contribution is 5.86. The molecule has 152 valence electrons. The Hall–Kier alpha value is -3.75. The summed E-state index contributed by atoms with van der Waals surface area (Å²) in [6, 6.07) is 37.0. The van der Waals surface area contributed by atoms with Crippen molar-refractivity contribution in [1.29, 1.82) is 0 Å². The molecule has 2 nitrogen and oxygen atoms in total.